The molecule has 0 saturated heterocycles. The van der Waals surface area contributed by atoms with Crippen LogP contribution in [0, 0.1) is 6.92 Å². The van der Waals surface area contributed by atoms with Crippen LogP contribution in [-0.2, 0) is 6.42 Å². The van der Waals surface area contributed by atoms with Gasteiger partial charge in [0.1, 0.15) is 0 Å². The molecule has 0 saturated carbocycles. The van der Waals surface area contributed by atoms with Crippen LogP contribution in [0.3, 0.4) is 0 Å². The number of carbonyl (C=O) groups excluding carboxylic acids is 2. The lowest BCUT2D eigenvalue weighted by Crippen LogP contribution is -2.25. The van der Waals surface area contributed by atoms with Crippen LogP contribution < -0.4 is 10.6 Å². The third-order valence-corrected chi connectivity index (χ3v) is 5.91. The first-order chi connectivity index (χ1) is 15.5. The van der Waals surface area contributed by atoms with Crippen molar-refractivity contribution >= 4 is 34.3 Å². The smallest absolute Gasteiger partial charge is 0.251 e. The summed E-state index contributed by atoms with van der Waals surface area (Å²) in [5.41, 5.74) is 6.21. The van der Waals surface area contributed by atoms with Crippen molar-refractivity contribution in [3.05, 3.63) is 94.1 Å². The second-order valence-electron chi connectivity index (χ2n) is 7.63. The second-order valence-corrected chi connectivity index (χ2v) is 8.04. The number of para-hydroxylation sites is 1. The highest BCUT2D eigenvalue weighted by molar-refractivity contribution is 6.35. The van der Waals surface area contributed by atoms with Gasteiger partial charge >= 0.3 is 0 Å². The largest absolute Gasteiger partial charge is 0.357 e. The van der Waals surface area contributed by atoms with Crippen molar-refractivity contribution in [1.82, 2.24) is 15.6 Å². The standard InChI is InChI=1S/C26H24ClN3O2/c1-16-21(22-7-4-8-23(27)24(22)30-16)13-14-29-26(32)18-11-9-17(10-12-18)19-5-3-6-20(15-19)25(31)28-2/h3-12,15,30H,13-14H2,1-2H3,(H,28,31)(H,29,32). The van der Waals surface area contributed by atoms with Crippen molar-refractivity contribution in [2.45, 2.75) is 13.3 Å². The summed E-state index contributed by atoms with van der Waals surface area (Å²) in [6.45, 7) is 2.54. The van der Waals surface area contributed by atoms with Crippen LogP contribution in [0.4, 0.5) is 0 Å². The summed E-state index contributed by atoms with van der Waals surface area (Å²) in [5.74, 6) is -0.248. The zero-order chi connectivity index (χ0) is 22.7. The normalized spacial score (nSPS) is 10.8. The number of halogens is 1. The molecule has 0 aliphatic rings. The second kappa shape index (κ2) is 9.28. The molecule has 1 heterocycles. The van der Waals surface area contributed by atoms with Gasteiger partial charge in [-0.1, -0.05) is 48.0 Å². The lowest BCUT2D eigenvalue weighted by atomic mass is 10.0. The number of carbonyl (C=O) groups is 2. The Kier molecular flexibility index (Phi) is 6.28. The number of hydrogen-bond acceptors (Lipinski definition) is 2. The molecule has 0 spiro atoms. The molecule has 5 nitrogen and oxygen atoms in total. The molecule has 32 heavy (non-hydrogen) atoms. The molecule has 0 radical (unpaired) electrons. The van der Waals surface area contributed by atoms with E-state index >= 15 is 0 Å². The summed E-state index contributed by atoms with van der Waals surface area (Å²) in [4.78, 5) is 27.8. The molecule has 4 rings (SSSR count). The number of aryl methyl sites for hydroxylation is 1. The van der Waals surface area contributed by atoms with Gasteiger partial charge in [0.05, 0.1) is 10.5 Å². The number of aromatic amines is 1. The maximum Gasteiger partial charge on any atom is 0.251 e. The highest BCUT2D eigenvalue weighted by Gasteiger charge is 2.12. The third-order valence-electron chi connectivity index (χ3n) is 5.60. The summed E-state index contributed by atoms with van der Waals surface area (Å²) in [7, 11) is 1.61. The van der Waals surface area contributed by atoms with E-state index in [1.54, 1.807) is 25.2 Å². The third kappa shape index (κ3) is 4.39. The fourth-order valence-corrected chi connectivity index (χ4v) is 4.11. The summed E-state index contributed by atoms with van der Waals surface area (Å²) < 4.78 is 0. The van der Waals surface area contributed by atoms with Gasteiger partial charge < -0.3 is 15.6 Å². The monoisotopic (exact) mass is 445 g/mol. The Bertz CT molecular complexity index is 1290. The molecule has 0 atom stereocenters. The average Bonchev–Trinajstić information content (AvgIpc) is 3.15. The molecule has 1 aromatic heterocycles. The predicted molar refractivity (Wildman–Crippen MR) is 129 cm³/mol. The van der Waals surface area contributed by atoms with E-state index in [9.17, 15) is 9.59 Å². The molecule has 162 valence electrons. The molecule has 2 amide bonds. The van der Waals surface area contributed by atoms with Gasteiger partial charge in [0.15, 0.2) is 0 Å². The number of nitrogens with one attached hydrogen (secondary N) is 3. The molecule has 0 fully saturated rings. The zero-order valence-corrected chi connectivity index (χ0v) is 18.7. The Labute approximate surface area is 191 Å². The number of amides is 2. The fraction of sp³-hybridized carbons (Fsp3) is 0.154. The van der Waals surface area contributed by atoms with Crippen LogP contribution in [0.15, 0.2) is 66.7 Å². The Hall–Kier alpha value is -3.57. The topological polar surface area (TPSA) is 74.0 Å². The molecule has 0 aliphatic carbocycles. The Morgan fingerprint density at radius 1 is 0.906 bits per heavy atom. The van der Waals surface area contributed by atoms with E-state index in [2.05, 4.69) is 15.6 Å². The van der Waals surface area contributed by atoms with Gasteiger partial charge in [-0.05, 0) is 60.4 Å². The highest BCUT2D eigenvalue weighted by atomic mass is 35.5. The van der Waals surface area contributed by atoms with Crippen molar-refractivity contribution in [2.75, 3.05) is 13.6 Å². The minimum absolute atomic E-state index is 0.119. The van der Waals surface area contributed by atoms with Gasteiger partial charge in [-0.3, -0.25) is 9.59 Å². The van der Waals surface area contributed by atoms with Crippen LogP contribution in [-0.4, -0.2) is 30.4 Å². The van der Waals surface area contributed by atoms with Crippen LogP contribution in [0.1, 0.15) is 32.0 Å². The van der Waals surface area contributed by atoms with Gasteiger partial charge in [0.2, 0.25) is 0 Å². The Morgan fingerprint density at radius 3 is 2.41 bits per heavy atom. The molecule has 0 aliphatic heterocycles. The van der Waals surface area contributed by atoms with Gasteiger partial charge in [-0.15, -0.1) is 0 Å². The van der Waals surface area contributed by atoms with Crippen LogP contribution in [0.25, 0.3) is 22.0 Å². The van der Waals surface area contributed by atoms with E-state index < -0.39 is 0 Å². The van der Waals surface area contributed by atoms with E-state index in [4.69, 9.17) is 11.6 Å². The number of H-pyrrole nitrogens is 1. The summed E-state index contributed by atoms with van der Waals surface area (Å²) in [5, 5.41) is 7.41. The minimum atomic E-state index is -0.129. The van der Waals surface area contributed by atoms with Gasteiger partial charge in [0.25, 0.3) is 11.8 Å². The molecule has 3 N–H and O–H groups in total. The van der Waals surface area contributed by atoms with Crippen molar-refractivity contribution in [1.29, 1.82) is 0 Å². The molecule has 0 bridgehead atoms. The summed E-state index contributed by atoms with van der Waals surface area (Å²) in [6, 6.07) is 20.6. The van der Waals surface area contributed by atoms with Crippen molar-refractivity contribution in [3.8, 4) is 11.1 Å². The molecule has 6 heteroatoms. The quantitative estimate of drug-likeness (QED) is 0.385. The van der Waals surface area contributed by atoms with Crippen LogP contribution in [0.2, 0.25) is 5.02 Å². The number of rotatable bonds is 6. The number of aromatic nitrogens is 1. The molecule has 0 unspecified atom stereocenters. The van der Waals surface area contributed by atoms with Crippen LogP contribution >= 0.6 is 11.6 Å². The van der Waals surface area contributed by atoms with E-state index in [1.165, 1.54) is 0 Å². The minimum Gasteiger partial charge on any atom is -0.357 e. The van der Waals surface area contributed by atoms with Gasteiger partial charge in [-0.25, -0.2) is 0 Å². The van der Waals surface area contributed by atoms with E-state index in [0.717, 1.165) is 33.3 Å². The lowest BCUT2D eigenvalue weighted by molar-refractivity contribution is 0.0949. The van der Waals surface area contributed by atoms with Crippen LogP contribution in [0.5, 0.6) is 0 Å². The summed E-state index contributed by atoms with van der Waals surface area (Å²) in [6.07, 6.45) is 0.711. The zero-order valence-electron chi connectivity index (χ0n) is 18.0. The predicted octanol–water partition coefficient (Wildman–Crippen LogP) is 5.13. The SMILES string of the molecule is CNC(=O)c1cccc(-c2ccc(C(=O)NCCc3c(C)[nH]c4c(Cl)cccc34)cc2)c1. The number of fused-ring (bicyclic) bond motifs is 1. The first kappa shape index (κ1) is 21.7. The average molecular weight is 446 g/mol. The molecular formula is C26H24ClN3O2. The Morgan fingerprint density at radius 2 is 1.66 bits per heavy atom. The van der Waals surface area contributed by atoms with E-state index in [-0.39, 0.29) is 11.8 Å². The molecular weight excluding hydrogens is 422 g/mol. The number of hydrogen-bond donors (Lipinski definition) is 3. The number of benzene rings is 3. The molecule has 3 aromatic carbocycles. The van der Waals surface area contributed by atoms with Gasteiger partial charge in [0, 0.05) is 35.8 Å². The lowest BCUT2D eigenvalue weighted by Gasteiger charge is -2.08. The Balaban J connectivity index is 1.41. The highest BCUT2D eigenvalue weighted by Crippen LogP contribution is 2.28. The van der Waals surface area contributed by atoms with Gasteiger partial charge in [-0.2, -0.15) is 0 Å². The van der Waals surface area contributed by atoms with Crippen molar-refractivity contribution in [3.63, 3.8) is 0 Å². The maximum atomic E-state index is 12.6. The van der Waals surface area contributed by atoms with Crippen molar-refractivity contribution < 1.29 is 9.59 Å². The first-order valence-corrected chi connectivity index (χ1v) is 10.8. The van der Waals surface area contributed by atoms with E-state index in [1.807, 2.05) is 55.5 Å². The van der Waals surface area contributed by atoms with E-state index in [0.29, 0.717) is 29.1 Å². The maximum absolute atomic E-state index is 12.6. The van der Waals surface area contributed by atoms with Crippen molar-refractivity contribution in [2.24, 2.45) is 0 Å². The first-order valence-electron chi connectivity index (χ1n) is 10.4. The fourth-order valence-electron chi connectivity index (χ4n) is 3.89. The molecule has 4 aromatic rings. The summed E-state index contributed by atoms with van der Waals surface area (Å²) >= 11 is 6.27.